The third kappa shape index (κ3) is 4.74. The summed E-state index contributed by atoms with van der Waals surface area (Å²) in [7, 11) is 0. The maximum Gasteiger partial charge on any atom is 0.250 e. The monoisotopic (exact) mass is 357 g/mol. The lowest BCUT2D eigenvalue weighted by molar-refractivity contribution is -0.111. The molecule has 3 aromatic rings. The van der Waals surface area contributed by atoms with Crippen LogP contribution in [0.25, 0.3) is 6.08 Å². The van der Waals surface area contributed by atoms with E-state index >= 15 is 0 Å². The standard InChI is InChI=1S/C17H15N3O2S2/c1-12-19-14(11-24-12)10-22-15-5-2-13(3-6-15)4-7-16(21)20-17-18-8-9-23-17/h2-9,11H,10H2,1H3,(H,18,20,21)/b7-4+. The summed E-state index contributed by atoms with van der Waals surface area (Å²) >= 11 is 2.99. The zero-order chi connectivity index (χ0) is 16.8. The lowest BCUT2D eigenvalue weighted by Gasteiger charge is -2.04. The van der Waals surface area contributed by atoms with E-state index in [9.17, 15) is 4.79 Å². The fourth-order valence-corrected chi connectivity index (χ4v) is 3.04. The lowest BCUT2D eigenvalue weighted by atomic mass is 10.2. The first-order chi connectivity index (χ1) is 11.7. The normalized spacial score (nSPS) is 10.9. The van der Waals surface area contributed by atoms with Gasteiger partial charge in [-0.3, -0.25) is 10.1 Å². The van der Waals surface area contributed by atoms with Gasteiger partial charge >= 0.3 is 0 Å². The van der Waals surface area contributed by atoms with Crippen molar-refractivity contribution in [3.05, 3.63) is 63.6 Å². The number of rotatable bonds is 6. The molecule has 24 heavy (non-hydrogen) atoms. The average molecular weight is 357 g/mol. The number of aromatic nitrogens is 2. The van der Waals surface area contributed by atoms with Crippen LogP contribution in [0.4, 0.5) is 5.13 Å². The van der Waals surface area contributed by atoms with E-state index in [-0.39, 0.29) is 5.91 Å². The highest BCUT2D eigenvalue weighted by atomic mass is 32.1. The van der Waals surface area contributed by atoms with Gasteiger partial charge in [0, 0.05) is 23.0 Å². The van der Waals surface area contributed by atoms with Crippen molar-refractivity contribution in [1.29, 1.82) is 0 Å². The number of aryl methyl sites for hydroxylation is 1. The van der Waals surface area contributed by atoms with Gasteiger partial charge in [0.15, 0.2) is 5.13 Å². The van der Waals surface area contributed by atoms with Crippen molar-refractivity contribution in [2.45, 2.75) is 13.5 Å². The molecule has 0 spiro atoms. The summed E-state index contributed by atoms with van der Waals surface area (Å²) in [5.74, 6) is 0.564. The van der Waals surface area contributed by atoms with Crippen LogP contribution in [0, 0.1) is 6.92 Å². The van der Waals surface area contributed by atoms with E-state index in [2.05, 4.69) is 15.3 Å². The minimum absolute atomic E-state index is 0.204. The van der Waals surface area contributed by atoms with Gasteiger partial charge in [-0.1, -0.05) is 12.1 Å². The molecule has 0 fully saturated rings. The molecule has 0 aliphatic rings. The molecule has 0 saturated heterocycles. The average Bonchev–Trinajstić information content (AvgIpc) is 3.24. The van der Waals surface area contributed by atoms with Crippen molar-refractivity contribution in [2.24, 2.45) is 0 Å². The molecule has 0 aliphatic heterocycles. The molecule has 0 aliphatic carbocycles. The van der Waals surface area contributed by atoms with Crippen LogP contribution >= 0.6 is 22.7 Å². The van der Waals surface area contributed by atoms with Gasteiger partial charge in [0.1, 0.15) is 12.4 Å². The Morgan fingerprint density at radius 2 is 2.12 bits per heavy atom. The Hall–Kier alpha value is -2.51. The van der Waals surface area contributed by atoms with Gasteiger partial charge in [0.25, 0.3) is 0 Å². The summed E-state index contributed by atoms with van der Waals surface area (Å²) in [5.41, 5.74) is 1.85. The maximum atomic E-state index is 11.8. The largest absolute Gasteiger partial charge is 0.487 e. The number of nitrogens with zero attached hydrogens (tertiary/aromatic N) is 2. The smallest absolute Gasteiger partial charge is 0.250 e. The van der Waals surface area contributed by atoms with Gasteiger partial charge in [-0.05, 0) is 30.7 Å². The molecule has 7 heteroatoms. The first-order valence-corrected chi connectivity index (χ1v) is 8.97. The zero-order valence-electron chi connectivity index (χ0n) is 12.9. The summed E-state index contributed by atoms with van der Waals surface area (Å²) in [6.07, 6.45) is 4.88. The van der Waals surface area contributed by atoms with Crippen molar-refractivity contribution in [3.8, 4) is 5.75 Å². The number of thiazole rings is 2. The molecule has 3 rings (SSSR count). The van der Waals surface area contributed by atoms with Gasteiger partial charge in [0.2, 0.25) is 5.91 Å². The SMILES string of the molecule is Cc1nc(COc2ccc(/C=C/C(=O)Nc3nccs3)cc2)cs1. The molecule has 0 unspecified atom stereocenters. The van der Waals surface area contributed by atoms with Gasteiger partial charge in [-0.15, -0.1) is 22.7 Å². The third-order valence-corrected chi connectivity index (χ3v) is 4.53. The molecule has 2 aromatic heterocycles. The molecule has 1 N–H and O–H groups in total. The highest BCUT2D eigenvalue weighted by molar-refractivity contribution is 7.13. The Morgan fingerprint density at radius 1 is 1.29 bits per heavy atom. The first kappa shape index (κ1) is 16.4. The number of amides is 1. The van der Waals surface area contributed by atoms with Crippen molar-refractivity contribution < 1.29 is 9.53 Å². The molecule has 0 atom stereocenters. The minimum atomic E-state index is -0.204. The fourth-order valence-electron chi connectivity index (χ4n) is 1.91. The number of carbonyl (C=O) groups is 1. The molecular formula is C17H15N3O2S2. The summed E-state index contributed by atoms with van der Waals surface area (Å²) in [6, 6.07) is 7.54. The highest BCUT2D eigenvalue weighted by Gasteiger charge is 2.01. The molecule has 0 saturated carbocycles. The number of anilines is 1. The Morgan fingerprint density at radius 3 is 2.79 bits per heavy atom. The number of ether oxygens (including phenoxy) is 1. The van der Waals surface area contributed by atoms with Gasteiger partial charge in [0.05, 0.1) is 10.7 Å². The van der Waals surface area contributed by atoms with Crippen LogP contribution in [-0.4, -0.2) is 15.9 Å². The molecule has 122 valence electrons. The van der Waals surface area contributed by atoms with Crippen molar-refractivity contribution in [1.82, 2.24) is 9.97 Å². The number of hydrogen-bond acceptors (Lipinski definition) is 6. The van der Waals surface area contributed by atoms with Gasteiger partial charge < -0.3 is 4.74 Å². The number of hydrogen-bond donors (Lipinski definition) is 1. The van der Waals surface area contributed by atoms with E-state index in [1.807, 2.05) is 41.9 Å². The maximum absolute atomic E-state index is 11.8. The molecule has 1 amide bonds. The second-order valence-electron chi connectivity index (χ2n) is 4.88. The van der Waals surface area contributed by atoms with Crippen LogP contribution in [0.5, 0.6) is 5.75 Å². The molecule has 2 heterocycles. The summed E-state index contributed by atoms with van der Waals surface area (Å²) in [6.45, 7) is 2.43. The number of nitrogens with one attached hydrogen (secondary N) is 1. The topological polar surface area (TPSA) is 64.1 Å². The van der Waals surface area contributed by atoms with Crippen LogP contribution in [0.2, 0.25) is 0 Å². The predicted octanol–water partition coefficient (Wildman–Crippen LogP) is 4.14. The highest BCUT2D eigenvalue weighted by Crippen LogP contribution is 2.16. The Labute approximate surface area is 147 Å². The van der Waals surface area contributed by atoms with Gasteiger partial charge in [-0.25, -0.2) is 9.97 Å². The molecule has 0 bridgehead atoms. The molecule has 5 nitrogen and oxygen atoms in total. The summed E-state index contributed by atoms with van der Waals surface area (Å²) < 4.78 is 5.69. The van der Waals surface area contributed by atoms with E-state index in [4.69, 9.17) is 4.74 Å². The Balaban J connectivity index is 1.52. The van der Waals surface area contributed by atoms with Crippen LogP contribution in [0.3, 0.4) is 0 Å². The molecule has 0 radical (unpaired) electrons. The van der Waals surface area contributed by atoms with Crippen LogP contribution in [-0.2, 0) is 11.4 Å². The third-order valence-electron chi connectivity index (χ3n) is 3.02. The minimum Gasteiger partial charge on any atom is -0.487 e. The lowest BCUT2D eigenvalue weighted by Crippen LogP contribution is -2.06. The number of carbonyl (C=O) groups excluding carboxylic acids is 1. The van der Waals surface area contributed by atoms with Crippen LogP contribution < -0.4 is 10.1 Å². The first-order valence-electron chi connectivity index (χ1n) is 7.21. The summed E-state index contributed by atoms with van der Waals surface area (Å²) in [4.78, 5) is 20.1. The molecule has 1 aromatic carbocycles. The van der Waals surface area contributed by atoms with Crippen molar-refractivity contribution in [2.75, 3.05) is 5.32 Å². The Bertz CT molecular complexity index is 824. The van der Waals surface area contributed by atoms with E-state index in [0.717, 1.165) is 22.0 Å². The van der Waals surface area contributed by atoms with Crippen molar-refractivity contribution in [3.63, 3.8) is 0 Å². The van der Waals surface area contributed by atoms with Gasteiger partial charge in [-0.2, -0.15) is 0 Å². The Kier molecular flexibility index (Phi) is 5.35. The van der Waals surface area contributed by atoms with E-state index in [1.54, 1.807) is 23.6 Å². The van der Waals surface area contributed by atoms with Crippen LogP contribution in [0.15, 0.2) is 47.3 Å². The van der Waals surface area contributed by atoms with Crippen LogP contribution in [0.1, 0.15) is 16.3 Å². The predicted molar refractivity (Wildman–Crippen MR) is 97.4 cm³/mol. The zero-order valence-corrected chi connectivity index (χ0v) is 14.6. The number of benzene rings is 1. The van der Waals surface area contributed by atoms with Crippen molar-refractivity contribution >= 4 is 39.8 Å². The fraction of sp³-hybridized carbons (Fsp3) is 0.118. The summed E-state index contributed by atoms with van der Waals surface area (Å²) in [5, 5.41) is 8.12. The second-order valence-corrected chi connectivity index (χ2v) is 6.83. The van der Waals surface area contributed by atoms with E-state index < -0.39 is 0 Å². The van der Waals surface area contributed by atoms with E-state index in [1.165, 1.54) is 17.4 Å². The molecular weight excluding hydrogens is 342 g/mol. The quantitative estimate of drug-likeness (QED) is 0.674. The van der Waals surface area contributed by atoms with E-state index in [0.29, 0.717) is 11.7 Å². The second kappa shape index (κ2) is 7.85.